The van der Waals surface area contributed by atoms with E-state index in [9.17, 15) is 14.0 Å². The zero-order chi connectivity index (χ0) is 17.5. The van der Waals surface area contributed by atoms with Gasteiger partial charge in [-0.15, -0.1) is 0 Å². The van der Waals surface area contributed by atoms with Crippen molar-refractivity contribution in [2.75, 3.05) is 53.4 Å². The molecule has 0 saturated carbocycles. The highest BCUT2D eigenvalue weighted by molar-refractivity contribution is 5.76. The lowest BCUT2D eigenvalue weighted by Crippen LogP contribution is -2.55. The maximum Gasteiger partial charge on any atom is 0.319 e. The van der Waals surface area contributed by atoms with Crippen LogP contribution < -0.4 is 10.1 Å². The van der Waals surface area contributed by atoms with Crippen LogP contribution in [0.25, 0.3) is 0 Å². The average Bonchev–Trinajstić information content (AvgIpc) is 2.58. The second kappa shape index (κ2) is 8.37. The number of carbonyl (C=O) groups is 2. The number of amides is 4. The molecule has 0 aromatic heterocycles. The van der Waals surface area contributed by atoms with Gasteiger partial charge in [0.2, 0.25) is 0 Å². The van der Waals surface area contributed by atoms with E-state index in [-0.39, 0.29) is 24.5 Å². The Hall–Kier alpha value is -2.51. The first-order valence-electron chi connectivity index (χ1n) is 7.85. The molecule has 1 fully saturated rings. The third-order valence-corrected chi connectivity index (χ3v) is 3.66. The lowest BCUT2D eigenvalue weighted by atomic mass is 10.3. The van der Waals surface area contributed by atoms with Gasteiger partial charge in [-0.1, -0.05) is 6.07 Å². The Morgan fingerprint density at radius 1 is 1.21 bits per heavy atom. The predicted octanol–water partition coefficient (Wildman–Crippen LogP) is 1.21. The van der Waals surface area contributed by atoms with E-state index < -0.39 is 0 Å². The van der Waals surface area contributed by atoms with E-state index in [1.807, 2.05) is 0 Å². The van der Waals surface area contributed by atoms with Gasteiger partial charge >= 0.3 is 12.1 Å². The molecule has 1 N–H and O–H groups in total. The van der Waals surface area contributed by atoms with Crippen molar-refractivity contribution in [3.8, 4) is 5.75 Å². The number of nitrogens with one attached hydrogen (secondary N) is 1. The summed E-state index contributed by atoms with van der Waals surface area (Å²) in [5.41, 5.74) is 0. The number of hydrogen-bond acceptors (Lipinski definition) is 3. The summed E-state index contributed by atoms with van der Waals surface area (Å²) in [5.74, 6) is 0.0711. The van der Waals surface area contributed by atoms with Crippen LogP contribution in [0.15, 0.2) is 24.3 Å². The highest BCUT2D eigenvalue weighted by atomic mass is 19.1. The summed E-state index contributed by atoms with van der Waals surface area (Å²) in [6.07, 6.45) is 0. The van der Waals surface area contributed by atoms with E-state index >= 15 is 0 Å². The van der Waals surface area contributed by atoms with E-state index in [1.54, 1.807) is 36.0 Å². The fourth-order valence-electron chi connectivity index (χ4n) is 2.38. The van der Waals surface area contributed by atoms with Crippen LogP contribution in [0.4, 0.5) is 14.0 Å². The molecule has 1 heterocycles. The smallest absolute Gasteiger partial charge is 0.319 e. The SMILES string of the molecule is CN(C)C(=O)N1CCN(C(=O)NCCOc2cccc(F)c2)CC1. The lowest BCUT2D eigenvalue weighted by molar-refractivity contribution is 0.128. The van der Waals surface area contributed by atoms with Crippen LogP contribution in [-0.2, 0) is 0 Å². The molecule has 1 aliphatic rings. The Bertz CT molecular complexity index is 574. The summed E-state index contributed by atoms with van der Waals surface area (Å²) in [6.45, 7) is 2.61. The molecular formula is C16H23FN4O3. The minimum absolute atomic E-state index is 0.0430. The number of halogens is 1. The minimum atomic E-state index is -0.360. The lowest BCUT2D eigenvalue weighted by Gasteiger charge is -2.35. The number of hydrogen-bond donors (Lipinski definition) is 1. The molecule has 7 nitrogen and oxygen atoms in total. The standard InChI is InChI=1S/C16H23FN4O3/c1-19(2)16(23)21-9-7-20(8-10-21)15(22)18-6-11-24-14-5-3-4-13(17)12-14/h3-5,12H,6-11H2,1-2H3,(H,18,22). The van der Waals surface area contributed by atoms with Gasteiger partial charge in [0.05, 0.1) is 6.54 Å². The van der Waals surface area contributed by atoms with Crippen LogP contribution in [-0.4, -0.2) is 80.2 Å². The molecule has 8 heteroatoms. The quantitative estimate of drug-likeness (QED) is 0.840. The first-order chi connectivity index (χ1) is 11.5. The van der Waals surface area contributed by atoms with Gasteiger partial charge in [0.1, 0.15) is 18.2 Å². The highest BCUT2D eigenvalue weighted by Crippen LogP contribution is 2.11. The minimum Gasteiger partial charge on any atom is -0.492 e. The largest absolute Gasteiger partial charge is 0.492 e. The van der Waals surface area contributed by atoms with Crippen molar-refractivity contribution in [3.05, 3.63) is 30.1 Å². The Morgan fingerprint density at radius 2 is 1.88 bits per heavy atom. The Labute approximate surface area is 141 Å². The Morgan fingerprint density at radius 3 is 2.50 bits per heavy atom. The second-order valence-corrected chi connectivity index (χ2v) is 5.69. The number of ether oxygens (including phenoxy) is 1. The van der Waals surface area contributed by atoms with Gasteiger partial charge in [0.25, 0.3) is 0 Å². The van der Waals surface area contributed by atoms with Crippen molar-refractivity contribution in [1.82, 2.24) is 20.0 Å². The molecule has 0 aliphatic carbocycles. The average molecular weight is 338 g/mol. The molecule has 2 rings (SSSR count). The van der Waals surface area contributed by atoms with E-state index in [0.29, 0.717) is 38.5 Å². The van der Waals surface area contributed by atoms with Gasteiger partial charge in [-0.2, -0.15) is 0 Å². The zero-order valence-electron chi connectivity index (χ0n) is 14.0. The molecule has 0 radical (unpaired) electrons. The molecule has 1 aliphatic heterocycles. The van der Waals surface area contributed by atoms with Crippen LogP contribution >= 0.6 is 0 Å². The number of nitrogens with zero attached hydrogens (tertiary/aromatic N) is 3. The Balaban J connectivity index is 1.66. The van der Waals surface area contributed by atoms with Gasteiger partial charge in [0.15, 0.2) is 0 Å². The summed E-state index contributed by atoms with van der Waals surface area (Å²) in [7, 11) is 3.42. The van der Waals surface area contributed by atoms with E-state index in [2.05, 4.69) is 5.32 Å². The van der Waals surface area contributed by atoms with E-state index in [4.69, 9.17) is 4.74 Å². The molecule has 1 aromatic rings. The maximum absolute atomic E-state index is 13.0. The first-order valence-corrected chi connectivity index (χ1v) is 7.85. The fraction of sp³-hybridized carbons (Fsp3) is 0.500. The van der Waals surface area contributed by atoms with E-state index in [0.717, 1.165) is 0 Å². The molecule has 4 amide bonds. The molecule has 0 atom stereocenters. The molecule has 24 heavy (non-hydrogen) atoms. The predicted molar refractivity (Wildman–Crippen MR) is 87.5 cm³/mol. The third-order valence-electron chi connectivity index (χ3n) is 3.66. The molecule has 1 saturated heterocycles. The first kappa shape index (κ1) is 17.8. The molecule has 0 spiro atoms. The van der Waals surface area contributed by atoms with Crippen molar-refractivity contribution < 1.29 is 18.7 Å². The van der Waals surface area contributed by atoms with Crippen LogP contribution in [0.1, 0.15) is 0 Å². The summed E-state index contributed by atoms with van der Waals surface area (Å²) in [5, 5.41) is 2.76. The maximum atomic E-state index is 13.0. The zero-order valence-corrected chi connectivity index (χ0v) is 14.0. The highest BCUT2D eigenvalue weighted by Gasteiger charge is 2.24. The molecular weight excluding hydrogens is 315 g/mol. The van der Waals surface area contributed by atoms with Gasteiger partial charge in [0, 0.05) is 46.3 Å². The Kier molecular flexibility index (Phi) is 6.22. The normalized spacial score (nSPS) is 14.3. The van der Waals surface area contributed by atoms with Crippen LogP contribution in [0.2, 0.25) is 0 Å². The molecule has 0 unspecified atom stereocenters. The van der Waals surface area contributed by atoms with Crippen LogP contribution in [0.5, 0.6) is 5.75 Å². The number of benzene rings is 1. The number of rotatable bonds is 4. The van der Waals surface area contributed by atoms with Crippen LogP contribution in [0, 0.1) is 5.82 Å². The number of piperazine rings is 1. The molecule has 0 bridgehead atoms. The molecule has 1 aromatic carbocycles. The van der Waals surface area contributed by atoms with E-state index in [1.165, 1.54) is 17.0 Å². The summed E-state index contributed by atoms with van der Waals surface area (Å²) < 4.78 is 18.4. The summed E-state index contributed by atoms with van der Waals surface area (Å²) >= 11 is 0. The van der Waals surface area contributed by atoms with Gasteiger partial charge in [-0.05, 0) is 12.1 Å². The van der Waals surface area contributed by atoms with Crippen molar-refractivity contribution >= 4 is 12.1 Å². The summed E-state index contributed by atoms with van der Waals surface area (Å²) in [4.78, 5) is 28.8. The number of urea groups is 2. The van der Waals surface area contributed by atoms with Gasteiger partial charge in [-0.3, -0.25) is 0 Å². The summed E-state index contributed by atoms with van der Waals surface area (Å²) in [6, 6.07) is 5.63. The van der Waals surface area contributed by atoms with Crippen molar-refractivity contribution in [2.45, 2.75) is 0 Å². The van der Waals surface area contributed by atoms with Gasteiger partial charge in [-0.25, -0.2) is 14.0 Å². The van der Waals surface area contributed by atoms with Gasteiger partial charge < -0.3 is 24.8 Å². The van der Waals surface area contributed by atoms with Crippen LogP contribution in [0.3, 0.4) is 0 Å². The topological polar surface area (TPSA) is 65.1 Å². The van der Waals surface area contributed by atoms with Crippen molar-refractivity contribution in [3.63, 3.8) is 0 Å². The van der Waals surface area contributed by atoms with Crippen molar-refractivity contribution in [1.29, 1.82) is 0 Å². The third kappa shape index (κ3) is 5.00. The molecule has 132 valence electrons. The second-order valence-electron chi connectivity index (χ2n) is 5.69. The van der Waals surface area contributed by atoms with Crippen molar-refractivity contribution in [2.24, 2.45) is 0 Å². The monoisotopic (exact) mass is 338 g/mol. The fourth-order valence-corrected chi connectivity index (χ4v) is 2.38. The number of carbonyl (C=O) groups excluding carboxylic acids is 2.